The lowest BCUT2D eigenvalue weighted by Crippen LogP contribution is -1.98. The van der Waals surface area contributed by atoms with E-state index < -0.39 is 8.03 Å². The van der Waals surface area contributed by atoms with Crippen LogP contribution in [-0.2, 0) is 9.19 Å². The maximum Gasteiger partial charge on any atom is 0.206 e. The van der Waals surface area contributed by atoms with Crippen molar-refractivity contribution in [2.24, 2.45) is 0 Å². The Morgan fingerprint density at radius 1 is 1.83 bits per heavy atom. The molecule has 0 amide bonds. The lowest BCUT2D eigenvalue weighted by Gasteiger charge is -1.89. The summed E-state index contributed by atoms with van der Waals surface area (Å²) in [5.41, 5.74) is 2.30. The van der Waals surface area contributed by atoms with Crippen molar-refractivity contribution in [3.05, 3.63) is 0 Å². The molecule has 0 radical (unpaired) electrons. The Morgan fingerprint density at radius 3 is 2.33 bits per heavy atom. The molecule has 0 aromatic rings. The fraction of sp³-hybridized carbons (Fsp3) is 1.00. The standard InChI is InChI=1S/C2H8NO2P/c1-3-5-6(2)4/h3,6H,1-2H3. The van der Waals surface area contributed by atoms with Gasteiger partial charge in [0.2, 0.25) is 8.03 Å². The van der Waals surface area contributed by atoms with E-state index in [0.29, 0.717) is 0 Å². The Balaban J connectivity index is 2.83. The summed E-state index contributed by atoms with van der Waals surface area (Å²) in [6, 6.07) is 0. The third-order valence-corrected chi connectivity index (χ3v) is 0.737. The second kappa shape index (κ2) is 3.34. The summed E-state index contributed by atoms with van der Waals surface area (Å²) in [6.45, 7) is 1.52. The van der Waals surface area contributed by atoms with Gasteiger partial charge in [-0.1, -0.05) is 0 Å². The minimum Gasteiger partial charge on any atom is -0.295 e. The van der Waals surface area contributed by atoms with E-state index in [2.05, 4.69) is 10.1 Å². The topological polar surface area (TPSA) is 38.3 Å². The zero-order chi connectivity index (χ0) is 4.99. The van der Waals surface area contributed by atoms with Crippen molar-refractivity contribution in [1.29, 1.82) is 0 Å². The van der Waals surface area contributed by atoms with Crippen molar-refractivity contribution >= 4 is 8.03 Å². The monoisotopic (exact) mass is 109 g/mol. The molecule has 3 nitrogen and oxygen atoms in total. The number of rotatable bonds is 2. The Morgan fingerprint density at radius 2 is 2.33 bits per heavy atom. The Labute approximate surface area is 37.5 Å². The average molecular weight is 109 g/mol. The van der Waals surface area contributed by atoms with Gasteiger partial charge in [-0.05, 0) is 0 Å². The van der Waals surface area contributed by atoms with Crippen LogP contribution in [0.2, 0.25) is 0 Å². The molecule has 0 aromatic heterocycles. The average Bonchev–Trinajstić information content (AvgIpc) is 1.35. The van der Waals surface area contributed by atoms with E-state index in [-0.39, 0.29) is 0 Å². The normalized spacial score (nSPS) is 14.3. The fourth-order valence-corrected chi connectivity index (χ4v) is 0.431. The third kappa shape index (κ3) is 4.15. The highest BCUT2D eigenvalue weighted by Gasteiger charge is 1.78. The van der Waals surface area contributed by atoms with Gasteiger partial charge in [0.05, 0.1) is 0 Å². The maximum absolute atomic E-state index is 9.94. The van der Waals surface area contributed by atoms with E-state index in [1.807, 2.05) is 0 Å². The molecule has 0 aromatic carbocycles. The van der Waals surface area contributed by atoms with Crippen LogP contribution in [0.1, 0.15) is 0 Å². The van der Waals surface area contributed by atoms with Crippen LogP contribution in [0, 0.1) is 0 Å². The zero-order valence-electron chi connectivity index (χ0n) is 3.82. The SMILES string of the molecule is CNO[PH](C)=O. The van der Waals surface area contributed by atoms with Crippen LogP contribution in [-0.4, -0.2) is 13.7 Å². The van der Waals surface area contributed by atoms with Crippen LogP contribution in [0.4, 0.5) is 0 Å². The minimum absolute atomic E-state index is 1.52. The highest BCUT2D eigenvalue weighted by atomic mass is 31.1. The molecule has 0 rings (SSSR count). The molecular formula is C2H8NO2P. The zero-order valence-corrected chi connectivity index (χ0v) is 4.82. The van der Waals surface area contributed by atoms with Gasteiger partial charge in [0, 0.05) is 13.7 Å². The first kappa shape index (κ1) is 6.15. The predicted octanol–water partition coefficient (Wildman–Crippen LogP) is 0.242. The first-order chi connectivity index (χ1) is 2.77. The second-order valence-electron chi connectivity index (χ2n) is 0.798. The molecule has 0 fully saturated rings. The maximum atomic E-state index is 9.94. The minimum atomic E-state index is -1.75. The first-order valence-corrected chi connectivity index (χ1v) is 3.43. The van der Waals surface area contributed by atoms with Gasteiger partial charge in [0.15, 0.2) is 0 Å². The summed E-state index contributed by atoms with van der Waals surface area (Å²) in [6.07, 6.45) is 0. The molecule has 0 aliphatic carbocycles. The molecule has 38 valence electrons. The van der Waals surface area contributed by atoms with Crippen molar-refractivity contribution in [2.45, 2.75) is 0 Å². The van der Waals surface area contributed by atoms with Gasteiger partial charge in [0.1, 0.15) is 0 Å². The summed E-state index contributed by atoms with van der Waals surface area (Å²) in [4.78, 5) is 0. The summed E-state index contributed by atoms with van der Waals surface area (Å²) in [5, 5.41) is 0. The third-order valence-electron chi connectivity index (χ3n) is 0.246. The molecule has 0 aliphatic heterocycles. The molecule has 0 saturated heterocycles. The van der Waals surface area contributed by atoms with Gasteiger partial charge >= 0.3 is 0 Å². The van der Waals surface area contributed by atoms with E-state index in [9.17, 15) is 4.57 Å². The van der Waals surface area contributed by atoms with Crippen LogP contribution < -0.4 is 5.48 Å². The van der Waals surface area contributed by atoms with Crippen molar-refractivity contribution in [1.82, 2.24) is 5.48 Å². The van der Waals surface area contributed by atoms with Crippen LogP contribution in [0.5, 0.6) is 0 Å². The van der Waals surface area contributed by atoms with E-state index in [0.717, 1.165) is 0 Å². The van der Waals surface area contributed by atoms with Gasteiger partial charge in [-0.2, -0.15) is 5.48 Å². The number of hydroxylamine groups is 1. The molecule has 0 saturated carbocycles. The van der Waals surface area contributed by atoms with Crippen molar-refractivity contribution < 1.29 is 9.19 Å². The van der Waals surface area contributed by atoms with E-state index in [1.54, 1.807) is 7.05 Å². The molecule has 6 heavy (non-hydrogen) atoms. The second-order valence-corrected chi connectivity index (χ2v) is 1.99. The van der Waals surface area contributed by atoms with Crippen LogP contribution >= 0.6 is 8.03 Å². The number of hydrogen-bond donors (Lipinski definition) is 1. The van der Waals surface area contributed by atoms with E-state index in [4.69, 9.17) is 0 Å². The van der Waals surface area contributed by atoms with Gasteiger partial charge in [-0.25, -0.2) is 4.62 Å². The molecular weight excluding hydrogens is 101 g/mol. The van der Waals surface area contributed by atoms with Gasteiger partial charge < -0.3 is 0 Å². The lowest BCUT2D eigenvalue weighted by molar-refractivity contribution is 0.241. The Bertz CT molecular complexity index is 55.5. The smallest absolute Gasteiger partial charge is 0.206 e. The molecule has 0 aliphatic rings. The van der Waals surface area contributed by atoms with Crippen LogP contribution in [0.25, 0.3) is 0 Å². The van der Waals surface area contributed by atoms with Gasteiger partial charge in [0.25, 0.3) is 0 Å². The van der Waals surface area contributed by atoms with Gasteiger partial charge in [-0.15, -0.1) is 0 Å². The summed E-state index contributed by atoms with van der Waals surface area (Å²) in [5.74, 6) is 0. The highest BCUT2D eigenvalue weighted by Crippen LogP contribution is 2.10. The van der Waals surface area contributed by atoms with Crippen molar-refractivity contribution in [3.8, 4) is 0 Å². The van der Waals surface area contributed by atoms with Crippen LogP contribution in [0.3, 0.4) is 0 Å². The highest BCUT2D eigenvalue weighted by molar-refractivity contribution is 7.38. The first-order valence-electron chi connectivity index (χ1n) is 1.61. The van der Waals surface area contributed by atoms with E-state index in [1.165, 1.54) is 6.66 Å². The molecule has 0 spiro atoms. The number of nitrogens with one attached hydrogen (secondary N) is 1. The molecule has 1 atom stereocenters. The molecule has 1 unspecified atom stereocenters. The lowest BCUT2D eigenvalue weighted by atomic mass is 11.6. The molecule has 0 bridgehead atoms. The molecule has 0 heterocycles. The van der Waals surface area contributed by atoms with Crippen molar-refractivity contribution in [3.63, 3.8) is 0 Å². The quantitative estimate of drug-likeness (QED) is 0.407. The number of hydrogen-bond acceptors (Lipinski definition) is 3. The Hall–Kier alpha value is 0.150. The van der Waals surface area contributed by atoms with E-state index >= 15 is 0 Å². The summed E-state index contributed by atoms with van der Waals surface area (Å²) >= 11 is 0. The van der Waals surface area contributed by atoms with Crippen LogP contribution in [0.15, 0.2) is 0 Å². The largest absolute Gasteiger partial charge is 0.295 e. The molecule has 1 N–H and O–H groups in total. The summed E-state index contributed by atoms with van der Waals surface area (Å²) in [7, 11) is -0.171. The predicted molar refractivity (Wildman–Crippen MR) is 25.1 cm³/mol. The Kier molecular flexibility index (Phi) is 3.43. The van der Waals surface area contributed by atoms with Crippen molar-refractivity contribution in [2.75, 3.05) is 13.7 Å². The molecule has 4 heteroatoms. The van der Waals surface area contributed by atoms with Gasteiger partial charge in [-0.3, -0.25) is 4.57 Å². The summed E-state index contributed by atoms with van der Waals surface area (Å²) < 4.78 is 14.3. The fourth-order valence-electron chi connectivity index (χ4n) is 0.144.